The van der Waals surface area contributed by atoms with Gasteiger partial charge in [0.15, 0.2) is 0 Å². The van der Waals surface area contributed by atoms with Crippen LogP contribution in [0.15, 0.2) is 54.6 Å². The lowest BCUT2D eigenvalue weighted by Crippen LogP contribution is -2.26. The predicted octanol–water partition coefficient (Wildman–Crippen LogP) is 3.21. The van der Waals surface area contributed by atoms with Crippen LogP contribution >= 0.6 is 0 Å². The standard InChI is InChI=1S/C19H23N3O3/c1-14(15-9-11-16(12-10-15)22-19(20)24)21-18(23)8-5-13-25-17-6-3-2-4-7-17/h2-4,6-7,9-12,14H,5,8,13H2,1H3,(H,21,23)(H3,20,22,24)/t14-/m1/s1. The molecule has 0 aliphatic heterocycles. The van der Waals surface area contributed by atoms with Crippen molar-refractivity contribution in [3.63, 3.8) is 0 Å². The van der Waals surface area contributed by atoms with E-state index in [0.717, 1.165) is 11.3 Å². The summed E-state index contributed by atoms with van der Waals surface area (Å²) in [6, 6.07) is 16.0. The molecule has 0 aromatic heterocycles. The molecular formula is C19H23N3O3. The molecule has 6 heteroatoms. The molecule has 0 unspecified atom stereocenters. The highest BCUT2D eigenvalue weighted by atomic mass is 16.5. The predicted molar refractivity (Wildman–Crippen MR) is 97.4 cm³/mol. The number of ether oxygens (including phenoxy) is 1. The average Bonchev–Trinajstić information content (AvgIpc) is 2.60. The Morgan fingerprint density at radius 3 is 2.40 bits per heavy atom. The van der Waals surface area contributed by atoms with E-state index in [2.05, 4.69) is 10.6 Å². The number of rotatable bonds is 8. The van der Waals surface area contributed by atoms with Crippen molar-refractivity contribution in [2.24, 2.45) is 5.73 Å². The average molecular weight is 341 g/mol. The molecule has 0 radical (unpaired) electrons. The first-order valence-electron chi connectivity index (χ1n) is 8.18. The van der Waals surface area contributed by atoms with Crippen LogP contribution in [0.25, 0.3) is 0 Å². The second kappa shape index (κ2) is 9.32. The molecule has 25 heavy (non-hydrogen) atoms. The topological polar surface area (TPSA) is 93.4 Å². The summed E-state index contributed by atoms with van der Waals surface area (Å²) in [6.07, 6.45) is 1.05. The van der Waals surface area contributed by atoms with E-state index in [9.17, 15) is 9.59 Å². The summed E-state index contributed by atoms with van der Waals surface area (Å²) in [5.41, 5.74) is 6.63. The molecule has 6 nitrogen and oxygen atoms in total. The number of hydrogen-bond acceptors (Lipinski definition) is 3. The molecule has 0 saturated heterocycles. The molecule has 0 saturated carbocycles. The van der Waals surface area contributed by atoms with Crippen molar-refractivity contribution in [1.29, 1.82) is 0 Å². The third kappa shape index (κ3) is 6.55. The number of nitrogens with one attached hydrogen (secondary N) is 2. The molecule has 2 aromatic rings. The smallest absolute Gasteiger partial charge is 0.316 e. The minimum absolute atomic E-state index is 0.0245. The lowest BCUT2D eigenvalue weighted by Gasteiger charge is -2.15. The molecule has 0 spiro atoms. The summed E-state index contributed by atoms with van der Waals surface area (Å²) in [6.45, 7) is 2.41. The van der Waals surface area contributed by atoms with Crippen LogP contribution in [-0.4, -0.2) is 18.5 Å². The fourth-order valence-corrected chi connectivity index (χ4v) is 2.33. The van der Waals surface area contributed by atoms with Gasteiger partial charge in [-0.25, -0.2) is 4.79 Å². The van der Waals surface area contributed by atoms with Crippen LogP contribution in [0.5, 0.6) is 5.75 Å². The molecule has 0 heterocycles. The van der Waals surface area contributed by atoms with E-state index in [0.29, 0.717) is 25.1 Å². The number of hydrogen-bond donors (Lipinski definition) is 3. The molecule has 0 aliphatic carbocycles. The van der Waals surface area contributed by atoms with Gasteiger partial charge in [0.25, 0.3) is 0 Å². The number of nitrogens with two attached hydrogens (primary N) is 1. The Morgan fingerprint density at radius 1 is 1.08 bits per heavy atom. The van der Waals surface area contributed by atoms with E-state index in [1.54, 1.807) is 12.1 Å². The minimum Gasteiger partial charge on any atom is -0.494 e. The first-order valence-corrected chi connectivity index (χ1v) is 8.18. The lowest BCUT2D eigenvalue weighted by molar-refractivity contribution is -0.121. The Labute approximate surface area is 147 Å². The van der Waals surface area contributed by atoms with Gasteiger partial charge in [0.05, 0.1) is 12.6 Å². The minimum atomic E-state index is -0.605. The van der Waals surface area contributed by atoms with E-state index in [1.807, 2.05) is 49.4 Å². The van der Waals surface area contributed by atoms with Gasteiger partial charge in [0.1, 0.15) is 5.75 Å². The Hall–Kier alpha value is -3.02. The molecule has 0 bridgehead atoms. The first kappa shape index (κ1) is 18.3. The normalized spacial score (nSPS) is 11.4. The molecular weight excluding hydrogens is 318 g/mol. The van der Waals surface area contributed by atoms with Gasteiger partial charge in [-0.15, -0.1) is 0 Å². The lowest BCUT2D eigenvalue weighted by atomic mass is 10.1. The van der Waals surface area contributed by atoms with Gasteiger partial charge in [-0.05, 0) is 43.2 Å². The van der Waals surface area contributed by atoms with Gasteiger partial charge in [-0.2, -0.15) is 0 Å². The summed E-state index contributed by atoms with van der Waals surface area (Å²) < 4.78 is 5.57. The number of carbonyl (C=O) groups excluding carboxylic acids is 2. The van der Waals surface area contributed by atoms with Crippen molar-refractivity contribution >= 4 is 17.6 Å². The molecule has 2 aromatic carbocycles. The molecule has 0 fully saturated rings. The number of urea groups is 1. The second-order valence-electron chi connectivity index (χ2n) is 5.67. The molecule has 0 aliphatic rings. The van der Waals surface area contributed by atoms with Crippen LogP contribution in [0.2, 0.25) is 0 Å². The van der Waals surface area contributed by atoms with Gasteiger partial charge in [-0.1, -0.05) is 30.3 Å². The van der Waals surface area contributed by atoms with E-state index >= 15 is 0 Å². The monoisotopic (exact) mass is 341 g/mol. The molecule has 132 valence electrons. The van der Waals surface area contributed by atoms with Crippen LogP contribution in [0, 0.1) is 0 Å². The number of benzene rings is 2. The maximum Gasteiger partial charge on any atom is 0.316 e. The summed E-state index contributed by atoms with van der Waals surface area (Å²) in [4.78, 5) is 22.8. The van der Waals surface area contributed by atoms with E-state index < -0.39 is 6.03 Å². The Bertz CT molecular complexity index is 687. The largest absolute Gasteiger partial charge is 0.494 e. The highest BCUT2D eigenvalue weighted by Gasteiger charge is 2.09. The van der Waals surface area contributed by atoms with Gasteiger partial charge in [0, 0.05) is 12.1 Å². The summed E-state index contributed by atoms with van der Waals surface area (Å²) in [5, 5.41) is 5.45. The summed E-state index contributed by atoms with van der Waals surface area (Å²) in [5.74, 6) is 0.782. The van der Waals surface area contributed by atoms with E-state index in [1.165, 1.54) is 0 Å². The molecule has 1 atom stereocenters. The quantitative estimate of drug-likeness (QED) is 0.644. The number of amides is 3. The van der Waals surface area contributed by atoms with Crippen molar-refractivity contribution in [3.8, 4) is 5.75 Å². The van der Waals surface area contributed by atoms with Crippen molar-refractivity contribution < 1.29 is 14.3 Å². The third-order valence-electron chi connectivity index (χ3n) is 3.62. The Balaban J connectivity index is 1.71. The number of carbonyl (C=O) groups is 2. The fraction of sp³-hybridized carbons (Fsp3) is 0.263. The van der Waals surface area contributed by atoms with Crippen LogP contribution in [0.3, 0.4) is 0 Å². The van der Waals surface area contributed by atoms with Crippen LogP contribution in [0.1, 0.15) is 31.4 Å². The Morgan fingerprint density at radius 2 is 1.76 bits per heavy atom. The molecule has 4 N–H and O–H groups in total. The first-order chi connectivity index (χ1) is 12.0. The van der Waals surface area contributed by atoms with Crippen LogP contribution in [-0.2, 0) is 4.79 Å². The van der Waals surface area contributed by atoms with Crippen LogP contribution in [0.4, 0.5) is 10.5 Å². The number of anilines is 1. The molecule has 2 rings (SSSR count). The summed E-state index contributed by atoms with van der Waals surface area (Å²) in [7, 11) is 0. The second-order valence-corrected chi connectivity index (χ2v) is 5.67. The van der Waals surface area contributed by atoms with Gasteiger partial charge < -0.3 is 21.1 Å². The SMILES string of the molecule is C[C@@H](NC(=O)CCCOc1ccccc1)c1ccc(NC(N)=O)cc1. The van der Waals surface area contributed by atoms with E-state index in [-0.39, 0.29) is 11.9 Å². The Kier molecular flexibility index (Phi) is 6.83. The van der Waals surface area contributed by atoms with Gasteiger partial charge in [0.2, 0.25) is 5.91 Å². The van der Waals surface area contributed by atoms with Crippen molar-refractivity contribution in [1.82, 2.24) is 5.32 Å². The summed E-state index contributed by atoms with van der Waals surface area (Å²) >= 11 is 0. The maximum absolute atomic E-state index is 12.0. The van der Waals surface area contributed by atoms with Gasteiger partial charge >= 0.3 is 6.03 Å². The third-order valence-corrected chi connectivity index (χ3v) is 3.62. The zero-order valence-corrected chi connectivity index (χ0v) is 14.2. The zero-order chi connectivity index (χ0) is 18.1. The van der Waals surface area contributed by atoms with Gasteiger partial charge in [-0.3, -0.25) is 4.79 Å². The fourth-order valence-electron chi connectivity index (χ4n) is 2.33. The van der Waals surface area contributed by atoms with Crippen molar-refractivity contribution in [3.05, 3.63) is 60.2 Å². The number of para-hydroxylation sites is 1. The van der Waals surface area contributed by atoms with Crippen molar-refractivity contribution in [2.45, 2.75) is 25.8 Å². The van der Waals surface area contributed by atoms with Crippen LogP contribution < -0.4 is 21.1 Å². The highest BCUT2D eigenvalue weighted by molar-refractivity contribution is 5.87. The maximum atomic E-state index is 12.0. The van der Waals surface area contributed by atoms with E-state index in [4.69, 9.17) is 10.5 Å². The number of primary amides is 1. The van der Waals surface area contributed by atoms with Crippen molar-refractivity contribution in [2.75, 3.05) is 11.9 Å². The molecule has 3 amide bonds. The zero-order valence-electron chi connectivity index (χ0n) is 14.2. The highest BCUT2D eigenvalue weighted by Crippen LogP contribution is 2.16.